The Morgan fingerprint density at radius 2 is 2.03 bits per heavy atom. The molecule has 0 aliphatic carbocycles. The van der Waals surface area contributed by atoms with Crippen molar-refractivity contribution in [1.82, 2.24) is 20.9 Å². The molecule has 1 unspecified atom stereocenters. The number of aromatic nitrogens is 1. The van der Waals surface area contributed by atoms with Gasteiger partial charge in [-0.3, -0.25) is 24.7 Å². The van der Waals surface area contributed by atoms with Crippen LogP contribution in [0, 0.1) is 0 Å². The number of hydrogen-bond acceptors (Lipinski definition) is 9. The number of carboxylic acids is 1. The summed E-state index contributed by atoms with van der Waals surface area (Å²) in [6.07, 6.45) is -0.183. The molecule has 1 aliphatic heterocycles. The number of carboxylic acid groups (broad SMARTS) is 1. The Hall–Kier alpha value is -3.62. The van der Waals surface area contributed by atoms with Crippen LogP contribution in [0.3, 0.4) is 0 Å². The third-order valence-electron chi connectivity index (χ3n) is 4.73. The van der Waals surface area contributed by atoms with E-state index in [1.54, 1.807) is 0 Å². The molecule has 2 atom stereocenters. The molecule has 1 aromatic heterocycles. The Kier molecular flexibility index (Phi) is 8.32. The predicted molar refractivity (Wildman–Crippen MR) is 129 cm³/mol. The number of aromatic amines is 1. The lowest BCUT2D eigenvalue weighted by Gasteiger charge is -2.20. The SMILES string of the molecule is O=C(O)C[C@H](NC(=O)NC(=O)c1c[nH]c(=O)c(NC2=NCC(O)CN2)c1)c1cc(Cl)cc(Br)c1O. The van der Waals surface area contributed by atoms with Crippen molar-refractivity contribution in [2.24, 2.45) is 4.99 Å². The third kappa shape index (κ3) is 6.94. The van der Waals surface area contributed by atoms with Crippen LogP contribution in [0.15, 0.2) is 38.7 Å². The van der Waals surface area contributed by atoms with Gasteiger partial charge in [0, 0.05) is 23.3 Å². The van der Waals surface area contributed by atoms with E-state index in [9.17, 15) is 34.5 Å². The molecule has 2 heterocycles. The molecule has 8 N–H and O–H groups in total. The van der Waals surface area contributed by atoms with Crippen molar-refractivity contribution in [2.75, 3.05) is 18.4 Å². The van der Waals surface area contributed by atoms with Gasteiger partial charge < -0.3 is 36.3 Å². The van der Waals surface area contributed by atoms with E-state index in [-0.39, 0.29) is 51.1 Å². The summed E-state index contributed by atoms with van der Waals surface area (Å²) in [5, 5.41) is 39.0. The lowest BCUT2D eigenvalue weighted by Crippen LogP contribution is -2.43. The summed E-state index contributed by atoms with van der Waals surface area (Å²) in [5.74, 6) is -2.28. The largest absolute Gasteiger partial charge is 0.506 e. The molecule has 15 heteroatoms. The number of anilines is 1. The molecule has 13 nitrogen and oxygen atoms in total. The molecular formula is C20H20BrClN6O7. The lowest BCUT2D eigenvalue weighted by molar-refractivity contribution is -0.137. The second kappa shape index (κ2) is 11.2. The Bertz CT molecular complexity index is 1250. The summed E-state index contributed by atoms with van der Waals surface area (Å²) in [7, 11) is 0. The van der Waals surface area contributed by atoms with E-state index < -0.39 is 42.0 Å². The molecule has 0 saturated carbocycles. The highest BCUT2D eigenvalue weighted by molar-refractivity contribution is 9.10. The number of aliphatic carboxylic acids is 1. The predicted octanol–water partition coefficient (Wildman–Crippen LogP) is 0.884. The van der Waals surface area contributed by atoms with Gasteiger partial charge in [0.1, 0.15) is 11.4 Å². The van der Waals surface area contributed by atoms with Crippen molar-refractivity contribution in [3.8, 4) is 5.75 Å². The number of carbonyl (C=O) groups excluding carboxylic acids is 2. The number of β-amino-alcohol motifs (C(OH)–C–C–N with tert-alkyl or cyclic N) is 1. The summed E-state index contributed by atoms with van der Waals surface area (Å²) < 4.78 is 0.188. The standard InChI is InChI=1S/C20H20BrClN6O7/c21-12-3-9(22)2-11(16(12)32)13(4-15(30)31)27-20(35)28-17(33)8-1-14(18(34)23-5-8)26-19-24-6-10(29)7-25-19/h1-3,5,10,13,29,32H,4,6-7H2,(H,23,34)(H,30,31)(H2,24,25,26)(H2,27,28,33,35)/t13-/m0/s1. The van der Waals surface area contributed by atoms with E-state index in [0.717, 1.165) is 6.20 Å². The number of imide groups is 1. The number of nitrogens with one attached hydrogen (secondary N) is 5. The smallest absolute Gasteiger partial charge is 0.322 e. The summed E-state index contributed by atoms with van der Waals surface area (Å²) in [6, 6.07) is 1.59. The normalized spacial score (nSPS) is 15.9. The van der Waals surface area contributed by atoms with Crippen LogP contribution in [0.25, 0.3) is 0 Å². The number of rotatable bonds is 6. The third-order valence-corrected chi connectivity index (χ3v) is 5.55. The number of phenolic OH excluding ortho intramolecular Hbond substituents is 1. The number of aliphatic hydroxyl groups is 1. The second-order valence-corrected chi connectivity index (χ2v) is 8.67. The fraction of sp³-hybridized carbons (Fsp3) is 0.250. The zero-order valence-corrected chi connectivity index (χ0v) is 20.1. The molecule has 3 rings (SSSR count). The summed E-state index contributed by atoms with van der Waals surface area (Å²) >= 11 is 9.07. The molecule has 186 valence electrons. The number of nitrogens with zero attached hydrogens (tertiary/aromatic N) is 1. The van der Waals surface area contributed by atoms with Gasteiger partial charge in [0.15, 0.2) is 5.96 Å². The first-order chi connectivity index (χ1) is 16.5. The number of amides is 3. The van der Waals surface area contributed by atoms with Crippen LogP contribution < -0.4 is 26.8 Å². The van der Waals surface area contributed by atoms with Gasteiger partial charge in [-0.1, -0.05) is 11.6 Å². The first kappa shape index (κ1) is 26.0. The lowest BCUT2D eigenvalue weighted by atomic mass is 10.0. The average Bonchev–Trinajstić information content (AvgIpc) is 2.78. The van der Waals surface area contributed by atoms with E-state index in [1.807, 2.05) is 5.32 Å². The topological polar surface area (TPSA) is 205 Å². The number of H-pyrrole nitrogens is 1. The van der Waals surface area contributed by atoms with E-state index in [0.29, 0.717) is 0 Å². The van der Waals surface area contributed by atoms with E-state index in [2.05, 4.69) is 41.9 Å². The molecule has 0 fully saturated rings. The monoisotopic (exact) mass is 570 g/mol. The Balaban J connectivity index is 1.74. The number of benzene rings is 1. The number of guanidine groups is 1. The molecule has 1 aliphatic rings. The maximum atomic E-state index is 12.6. The number of phenols is 1. The molecule has 0 bridgehead atoms. The minimum absolute atomic E-state index is 0.0239. The molecule has 0 radical (unpaired) electrons. The summed E-state index contributed by atoms with van der Waals surface area (Å²) in [5.41, 5.74) is -0.680. The molecule has 35 heavy (non-hydrogen) atoms. The molecule has 3 amide bonds. The Morgan fingerprint density at radius 1 is 1.29 bits per heavy atom. The minimum atomic E-state index is -1.28. The Morgan fingerprint density at radius 3 is 2.69 bits per heavy atom. The average molecular weight is 572 g/mol. The number of aliphatic hydroxyl groups excluding tert-OH is 1. The number of aliphatic imine (C=N–C) groups is 1. The number of halogens is 2. The molecule has 2 aromatic rings. The Labute approximate surface area is 210 Å². The quantitative estimate of drug-likeness (QED) is 0.247. The zero-order chi connectivity index (χ0) is 25.7. The van der Waals surface area contributed by atoms with Crippen molar-refractivity contribution >= 4 is 57.1 Å². The number of aromatic hydroxyl groups is 1. The molecular weight excluding hydrogens is 552 g/mol. The maximum absolute atomic E-state index is 12.6. The molecule has 0 saturated heterocycles. The molecule has 0 spiro atoms. The van der Waals surface area contributed by atoms with Crippen molar-refractivity contribution in [3.05, 3.63) is 55.4 Å². The van der Waals surface area contributed by atoms with Crippen LogP contribution in [-0.2, 0) is 4.79 Å². The van der Waals surface area contributed by atoms with Crippen LogP contribution in [0.5, 0.6) is 5.75 Å². The van der Waals surface area contributed by atoms with Gasteiger partial charge >= 0.3 is 12.0 Å². The summed E-state index contributed by atoms with van der Waals surface area (Å²) in [6.45, 7) is 0.351. The summed E-state index contributed by atoms with van der Waals surface area (Å²) in [4.78, 5) is 54.8. The second-order valence-electron chi connectivity index (χ2n) is 7.38. The number of urea groups is 1. The molecule has 1 aromatic carbocycles. The van der Waals surface area contributed by atoms with Gasteiger partial charge in [-0.15, -0.1) is 0 Å². The van der Waals surface area contributed by atoms with Gasteiger partial charge in [-0.05, 0) is 34.1 Å². The highest BCUT2D eigenvalue weighted by atomic mass is 79.9. The number of carbonyl (C=O) groups is 3. The first-order valence-electron chi connectivity index (χ1n) is 10.0. The maximum Gasteiger partial charge on any atom is 0.322 e. The van der Waals surface area contributed by atoms with Crippen LogP contribution >= 0.6 is 27.5 Å². The van der Waals surface area contributed by atoms with E-state index in [4.69, 9.17) is 11.6 Å². The van der Waals surface area contributed by atoms with Crippen molar-refractivity contribution in [1.29, 1.82) is 0 Å². The van der Waals surface area contributed by atoms with Crippen molar-refractivity contribution in [2.45, 2.75) is 18.6 Å². The fourth-order valence-corrected chi connectivity index (χ4v) is 3.92. The number of hydrogen-bond donors (Lipinski definition) is 8. The van der Waals surface area contributed by atoms with Gasteiger partial charge in [0.25, 0.3) is 11.5 Å². The van der Waals surface area contributed by atoms with Crippen LogP contribution in [0.2, 0.25) is 5.02 Å². The van der Waals surface area contributed by atoms with Gasteiger partial charge in [-0.25, -0.2) is 4.79 Å². The fourth-order valence-electron chi connectivity index (χ4n) is 3.09. The van der Waals surface area contributed by atoms with Crippen LogP contribution in [-0.4, -0.2) is 63.4 Å². The van der Waals surface area contributed by atoms with E-state index in [1.165, 1.54) is 18.2 Å². The van der Waals surface area contributed by atoms with Gasteiger partial charge in [0.2, 0.25) is 0 Å². The highest BCUT2D eigenvalue weighted by Gasteiger charge is 2.24. The van der Waals surface area contributed by atoms with Crippen LogP contribution in [0.1, 0.15) is 28.4 Å². The van der Waals surface area contributed by atoms with Crippen molar-refractivity contribution in [3.63, 3.8) is 0 Å². The van der Waals surface area contributed by atoms with Gasteiger partial charge in [-0.2, -0.15) is 0 Å². The highest BCUT2D eigenvalue weighted by Crippen LogP contribution is 2.36. The van der Waals surface area contributed by atoms with Gasteiger partial charge in [0.05, 0.1) is 35.1 Å². The first-order valence-corrected chi connectivity index (χ1v) is 11.2. The minimum Gasteiger partial charge on any atom is -0.506 e. The number of pyridine rings is 1. The van der Waals surface area contributed by atoms with Crippen LogP contribution in [0.4, 0.5) is 10.5 Å². The van der Waals surface area contributed by atoms with E-state index >= 15 is 0 Å². The van der Waals surface area contributed by atoms with Crippen molar-refractivity contribution < 1.29 is 29.7 Å². The zero-order valence-electron chi connectivity index (χ0n) is 17.8.